The molecule has 2 atom stereocenters. The van der Waals surface area contributed by atoms with Crippen molar-refractivity contribution in [2.24, 2.45) is 0 Å². The Labute approximate surface area is 107 Å². The molecule has 0 saturated carbocycles. The van der Waals surface area contributed by atoms with E-state index in [-0.39, 0.29) is 18.1 Å². The molecule has 1 aliphatic heterocycles. The fraction of sp³-hybridized carbons (Fsp3) is 0.500. The second-order valence-electron chi connectivity index (χ2n) is 4.51. The average Bonchev–Trinajstić information content (AvgIpc) is 2.92. The van der Waals surface area contributed by atoms with Crippen LogP contribution in [0, 0.1) is 0 Å². The summed E-state index contributed by atoms with van der Waals surface area (Å²) in [6, 6.07) is 7.67. The van der Waals surface area contributed by atoms with Gasteiger partial charge in [0.15, 0.2) is 0 Å². The monoisotopic (exact) mass is 249 g/mol. The van der Waals surface area contributed by atoms with Gasteiger partial charge in [-0.3, -0.25) is 4.79 Å². The molecule has 98 valence electrons. The van der Waals surface area contributed by atoms with Crippen LogP contribution in [0.4, 0.5) is 0 Å². The summed E-state index contributed by atoms with van der Waals surface area (Å²) >= 11 is 0. The van der Waals surface area contributed by atoms with E-state index in [9.17, 15) is 4.79 Å². The molecule has 2 rings (SSSR count). The number of amides is 1. The summed E-state index contributed by atoms with van der Waals surface area (Å²) in [5.74, 6) is 0.772. The van der Waals surface area contributed by atoms with E-state index < -0.39 is 0 Å². The molecule has 0 radical (unpaired) electrons. The van der Waals surface area contributed by atoms with Crippen LogP contribution >= 0.6 is 0 Å². The normalized spacial score (nSPS) is 20.4. The van der Waals surface area contributed by atoms with E-state index in [1.807, 2.05) is 31.2 Å². The molecule has 1 fully saturated rings. The largest absolute Gasteiger partial charge is 0.497 e. The van der Waals surface area contributed by atoms with Gasteiger partial charge in [0.05, 0.1) is 13.2 Å². The van der Waals surface area contributed by atoms with Crippen molar-refractivity contribution in [2.75, 3.05) is 13.7 Å². The standard InChI is InChI=1S/C14H19NO3/c1-10(11-5-3-6-12(9-11)17-2)15-14(16)13-7-4-8-18-13/h3,5-6,9-10,13H,4,7-8H2,1-2H3,(H,15,16)/t10-,13+/m1/s1. The molecule has 4 nitrogen and oxygen atoms in total. The zero-order valence-electron chi connectivity index (χ0n) is 10.8. The van der Waals surface area contributed by atoms with E-state index in [1.54, 1.807) is 7.11 Å². The predicted molar refractivity (Wildman–Crippen MR) is 68.5 cm³/mol. The molecule has 4 heteroatoms. The van der Waals surface area contributed by atoms with Crippen molar-refractivity contribution >= 4 is 5.91 Å². The van der Waals surface area contributed by atoms with Gasteiger partial charge >= 0.3 is 0 Å². The van der Waals surface area contributed by atoms with Crippen LogP contribution in [0.5, 0.6) is 5.75 Å². The third kappa shape index (κ3) is 3.01. The summed E-state index contributed by atoms with van der Waals surface area (Å²) in [6.07, 6.45) is 1.50. The number of rotatable bonds is 4. The topological polar surface area (TPSA) is 47.6 Å². The van der Waals surface area contributed by atoms with Crippen LogP contribution in [0.2, 0.25) is 0 Å². The van der Waals surface area contributed by atoms with Crippen LogP contribution in [-0.2, 0) is 9.53 Å². The molecule has 1 heterocycles. The van der Waals surface area contributed by atoms with Gasteiger partial charge in [0, 0.05) is 6.61 Å². The highest BCUT2D eigenvalue weighted by Crippen LogP contribution is 2.20. The van der Waals surface area contributed by atoms with Crippen molar-refractivity contribution < 1.29 is 14.3 Å². The molecule has 1 N–H and O–H groups in total. The van der Waals surface area contributed by atoms with E-state index in [2.05, 4.69) is 5.32 Å². The number of nitrogens with one attached hydrogen (secondary N) is 1. The Morgan fingerprint density at radius 2 is 2.39 bits per heavy atom. The maximum absolute atomic E-state index is 11.9. The van der Waals surface area contributed by atoms with E-state index in [4.69, 9.17) is 9.47 Å². The number of benzene rings is 1. The summed E-state index contributed by atoms with van der Waals surface area (Å²) in [4.78, 5) is 11.9. The first-order valence-corrected chi connectivity index (χ1v) is 6.26. The summed E-state index contributed by atoms with van der Waals surface area (Å²) in [5, 5.41) is 2.97. The van der Waals surface area contributed by atoms with Gasteiger partial charge < -0.3 is 14.8 Å². The van der Waals surface area contributed by atoms with Gasteiger partial charge in [-0.25, -0.2) is 0 Å². The number of carbonyl (C=O) groups excluding carboxylic acids is 1. The zero-order valence-corrected chi connectivity index (χ0v) is 10.8. The molecule has 1 aliphatic rings. The van der Waals surface area contributed by atoms with Crippen molar-refractivity contribution in [3.8, 4) is 5.75 Å². The Morgan fingerprint density at radius 3 is 3.06 bits per heavy atom. The van der Waals surface area contributed by atoms with E-state index >= 15 is 0 Å². The van der Waals surface area contributed by atoms with Crippen LogP contribution in [0.1, 0.15) is 31.4 Å². The van der Waals surface area contributed by atoms with Crippen LogP contribution < -0.4 is 10.1 Å². The van der Waals surface area contributed by atoms with Crippen LogP contribution in [0.25, 0.3) is 0 Å². The molecule has 0 aliphatic carbocycles. The molecule has 18 heavy (non-hydrogen) atoms. The predicted octanol–water partition coefficient (Wildman–Crippen LogP) is 2.05. The molecule has 0 unspecified atom stereocenters. The Balaban J connectivity index is 1.97. The lowest BCUT2D eigenvalue weighted by Gasteiger charge is -2.17. The van der Waals surface area contributed by atoms with Gasteiger partial charge in [-0.1, -0.05) is 12.1 Å². The second kappa shape index (κ2) is 5.87. The third-order valence-electron chi connectivity index (χ3n) is 3.17. The molecule has 0 bridgehead atoms. The fourth-order valence-corrected chi connectivity index (χ4v) is 2.08. The van der Waals surface area contributed by atoms with Gasteiger partial charge in [-0.05, 0) is 37.5 Å². The summed E-state index contributed by atoms with van der Waals surface area (Å²) < 4.78 is 10.5. The quantitative estimate of drug-likeness (QED) is 0.888. The van der Waals surface area contributed by atoms with Crippen molar-refractivity contribution in [2.45, 2.75) is 31.9 Å². The highest BCUT2D eigenvalue weighted by atomic mass is 16.5. The SMILES string of the molecule is COc1cccc([C@@H](C)NC(=O)[C@@H]2CCCO2)c1. The Bertz CT molecular complexity index is 413. The molecule has 0 aromatic heterocycles. The number of carbonyl (C=O) groups is 1. The van der Waals surface area contributed by atoms with Gasteiger partial charge in [0.1, 0.15) is 11.9 Å². The molecule has 1 saturated heterocycles. The first-order valence-electron chi connectivity index (χ1n) is 6.26. The average molecular weight is 249 g/mol. The van der Waals surface area contributed by atoms with Gasteiger partial charge in [-0.15, -0.1) is 0 Å². The van der Waals surface area contributed by atoms with E-state index in [0.717, 1.165) is 24.2 Å². The minimum atomic E-state index is -0.280. The molecule has 0 spiro atoms. The highest BCUT2D eigenvalue weighted by Gasteiger charge is 2.24. The Hall–Kier alpha value is -1.55. The smallest absolute Gasteiger partial charge is 0.249 e. The van der Waals surface area contributed by atoms with E-state index in [0.29, 0.717) is 6.61 Å². The van der Waals surface area contributed by atoms with Crippen LogP contribution in [0.3, 0.4) is 0 Å². The lowest BCUT2D eigenvalue weighted by atomic mass is 10.1. The molecule has 1 amide bonds. The third-order valence-corrected chi connectivity index (χ3v) is 3.17. The summed E-state index contributed by atoms with van der Waals surface area (Å²) in [6.45, 7) is 2.65. The lowest BCUT2D eigenvalue weighted by molar-refractivity contribution is -0.130. The Morgan fingerprint density at radius 1 is 1.56 bits per heavy atom. The van der Waals surface area contributed by atoms with Crippen molar-refractivity contribution in [1.82, 2.24) is 5.32 Å². The first-order chi connectivity index (χ1) is 8.70. The molecular formula is C14H19NO3. The molecule has 1 aromatic carbocycles. The van der Waals surface area contributed by atoms with E-state index in [1.165, 1.54) is 0 Å². The van der Waals surface area contributed by atoms with Crippen molar-refractivity contribution in [1.29, 1.82) is 0 Å². The minimum absolute atomic E-state index is 0.0252. The van der Waals surface area contributed by atoms with Crippen molar-refractivity contribution in [3.63, 3.8) is 0 Å². The molecule has 1 aromatic rings. The second-order valence-corrected chi connectivity index (χ2v) is 4.51. The summed E-state index contributed by atoms with van der Waals surface area (Å²) in [7, 11) is 1.63. The van der Waals surface area contributed by atoms with Gasteiger partial charge in [-0.2, -0.15) is 0 Å². The zero-order chi connectivity index (χ0) is 13.0. The van der Waals surface area contributed by atoms with Gasteiger partial charge in [0.25, 0.3) is 0 Å². The lowest BCUT2D eigenvalue weighted by Crippen LogP contribution is -2.35. The first kappa shape index (κ1) is 12.9. The number of methoxy groups -OCH3 is 1. The maximum Gasteiger partial charge on any atom is 0.249 e. The van der Waals surface area contributed by atoms with Crippen molar-refractivity contribution in [3.05, 3.63) is 29.8 Å². The van der Waals surface area contributed by atoms with Crippen LogP contribution in [0.15, 0.2) is 24.3 Å². The fourth-order valence-electron chi connectivity index (χ4n) is 2.08. The number of ether oxygens (including phenoxy) is 2. The highest BCUT2D eigenvalue weighted by molar-refractivity contribution is 5.81. The minimum Gasteiger partial charge on any atom is -0.497 e. The van der Waals surface area contributed by atoms with Gasteiger partial charge in [0.2, 0.25) is 5.91 Å². The number of hydrogen-bond donors (Lipinski definition) is 1. The Kier molecular flexibility index (Phi) is 4.20. The van der Waals surface area contributed by atoms with Crippen LogP contribution in [-0.4, -0.2) is 25.7 Å². The molecular weight excluding hydrogens is 230 g/mol. The summed E-state index contributed by atoms with van der Waals surface area (Å²) in [5.41, 5.74) is 1.03. The maximum atomic E-state index is 11.9. The number of hydrogen-bond acceptors (Lipinski definition) is 3.